The number of anilines is 1. The van der Waals surface area contributed by atoms with Gasteiger partial charge in [-0.05, 0) is 25.1 Å². The second kappa shape index (κ2) is 5.89. The number of rotatable bonds is 4. The van der Waals surface area contributed by atoms with Gasteiger partial charge in [0.15, 0.2) is 5.65 Å². The number of aryl methyl sites for hydroxylation is 1. The van der Waals surface area contributed by atoms with Crippen LogP contribution in [0.2, 0.25) is 0 Å². The van der Waals surface area contributed by atoms with Gasteiger partial charge in [0, 0.05) is 18.0 Å². The number of nitrogens with one attached hydrogen (secondary N) is 1. The van der Waals surface area contributed by atoms with Crippen molar-refractivity contribution < 1.29 is 9.53 Å². The molecule has 3 aromatic rings. The van der Waals surface area contributed by atoms with Crippen LogP contribution in [0.5, 0.6) is 5.75 Å². The third-order valence-electron chi connectivity index (χ3n) is 3.42. The topological polar surface area (TPSA) is 55.6 Å². The highest BCUT2D eigenvalue weighted by molar-refractivity contribution is 5.95. The number of nitrogens with zero attached hydrogens (tertiary/aromatic N) is 2. The zero-order chi connectivity index (χ0) is 15.5. The van der Waals surface area contributed by atoms with Gasteiger partial charge in [0.25, 0.3) is 0 Å². The summed E-state index contributed by atoms with van der Waals surface area (Å²) in [6.07, 6.45) is 4.08. The maximum atomic E-state index is 12.3. The largest absolute Gasteiger partial charge is 0.496 e. The van der Waals surface area contributed by atoms with E-state index in [2.05, 4.69) is 10.3 Å². The summed E-state index contributed by atoms with van der Waals surface area (Å²) in [7, 11) is 1.60. The molecule has 3 rings (SSSR count). The molecule has 22 heavy (non-hydrogen) atoms. The number of carbonyl (C=O) groups excluding carboxylic acids is 1. The number of methoxy groups -OCH3 is 1. The third-order valence-corrected chi connectivity index (χ3v) is 3.42. The first-order valence-electron chi connectivity index (χ1n) is 7.03. The Morgan fingerprint density at radius 1 is 1.27 bits per heavy atom. The number of hydrogen-bond acceptors (Lipinski definition) is 3. The van der Waals surface area contributed by atoms with Crippen molar-refractivity contribution in [3.8, 4) is 5.75 Å². The van der Waals surface area contributed by atoms with Gasteiger partial charge in [-0.2, -0.15) is 0 Å². The minimum absolute atomic E-state index is 0.0988. The number of fused-ring (bicyclic) bond motifs is 1. The van der Waals surface area contributed by atoms with E-state index >= 15 is 0 Å². The molecule has 0 saturated carbocycles. The lowest BCUT2D eigenvalue weighted by Crippen LogP contribution is -2.15. The number of benzene rings is 1. The molecule has 0 spiro atoms. The average Bonchev–Trinajstić information content (AvgIpc) is 2.89. The Labute approximate surface area is 128 Å². The summed E-state index contributed by atoms with van der Waals surface area (Å²) in [5.41, 5.74) is 3.21. The molecule has 1 aromatic carbocycles. The van der Waals surface area contributed by atoms with Gasteiger partial charge in [-0.15, -0.1) is 0 Å². The molecular formula is C17H17N3O2. The van der Waals surface area contributed by atoms with Crippen LogP contribution in [0, 0.1) is 6.92 Å². The van der Waals surface area contributed by atoms with Crippen molar-refractivity contribution >= 4 is 17.2 Å². The van der Waals surface area contributed by atoms with Gasteiger partial charge in [0.2, 0.25) is 5.91 Å². The van der Waals surface area contributed by atoms with Crippen molar-refractivity contribution in [2.75, 3.05) is 12.4 Å². The number of para-hydroxylation sites is 1. The van der Waals surface area contributed by atoms with Gasteiger partial charge in [0.1, 0.15) is 5.75 Å². The Hall–Kier alpha value is -2.82. The van der Waals surface area contributed by atoms with E-state index in [9.17, 15) is 4.79 Å². The van der Waals surface area contributed by atoms with E-state index in [1.807, 2.05) is 60.1 Å². The Morgan fingerprint density at radius 3 is 2.91 bits per heavy atom. The first-order chi connectivity index (χ1) is 10.7. The first-order valence-corrected chi connectivity index (χ1v) is 7.03. The lowest BCUT2D eigenvalue weighted by molar-refractivity contribution is -0.115. The number of carbonyl (C=O) groups is 1. The molecule has 0 bridgehead atoms. The minimum atomic E-state index is -0.0988. The van der Waals surface area contributed by atoms with Crippen LogP contribution in [0.1, 0.15) is 11.3 Å². The molecule has 5 heteroatoms. The number of pyridine rings is 1. The van der Waals surface area contributed by atoms with Crippen LogP contribution in [0.3, 0.4) is 0 Å². The van der Waals surface area contributed by atoms with Crippen molar-refractivity contribution in [1.29, 1.82) is 0 Å². The predicted molar refractivity (Wildman–Crippen MR) is 85.3 cm³/mol. The predicted octanol–water partition coefficient (Wildman–Crippen LogP) is 2.83. The highest BCUT2D eigenvalue weighted by atomic mass is 16.5. The monoisotopic (exact) mass is 295 g/mol. The van der Waals surface area contributed by atoms with Crippen LogP contribution in [0.15, 0.2) is 48.8 Å². The minimum Gasteiger partial charge on any atom is -0.496 e. The van der Waals surface area contributed by atoms with Crippen LogP contribution in [-0.2, 0) is 11.2 Å². The van der Waals surface area contributed by atoms with Gasteiger partial charge < -0.3 is 14.5 Å². The average molecular weight is 295 g/mol. The van der Waals surface area contributed by atoms with E-state index in [1.165, 1.54) is 0 Å². The highest BCUT2D eigenvalue weighted by Gasteiger charge is 2.11. The van der Waals surface area contributed by atoms with E-state index < -0.39 is 0 Å². The Morgan fingerprint density at radius 2 is 2.09 bits per heavy atom. The quantitative estimate of drug-likeness (QED) is 0.805. The van der Waals surface area contributed by atoms with Crippen molar-refractivity contribution in [3.63, 3.8) is 0 Å². The maximum Gasteiger partial charge on any atom is 0.229 e. The van der Waals surface area contributed by atoms with E-state index in [0.717, 1.165) is 16.9 Å². The first kappa shape index (κ1) is 14.1. The van der Waals surface area contributed by atoms with E-state index in [0.29, 0.717) is 11.4 Å². The molecule has 0 saturated heterocycles. The lowest BCUT2D eigenvalue weighted by atomic mass is 10.1. The fourth-order valence-corrected chi connectivity index (χ4v) is 2.45. The number of ether oxygens (including phenoxy) is 1. The molecule has 112 valence electrons. The smallest absolute Gasteiger partial charge is 0.229 e. The van der Waals surface area contributed by atoms with Gasteiger partial charge in [-0.25, -0.2) is 4.98 Å². The van der Waals surface area contributed by atoms with Gasteiger partial charge in [0.05, 0.1) is 24.9 Å². The maximum absolute atomic E-state index is 12.3. The van der Waals surface area contributed by atoms with Crippen molar-refractivity contribution in [2.45, 2.75) is 13.3 Å². The molecular weight excluding hydrogens is 278 g/mol. The number of imidazole rings is 1. The number of aromatic nitrogens is 2. The highest BCUT2D eigenvalue weighted by Crippen LogP contribution is 2.20. The molecule has 0 aliphatic rings. The van der Waals surface area contributed by atoms with E-state index in [-0.39, 0.29) is 12.3 Å². The molecule has 0 unspecified atom stereocenters. The fraction of sp³-hybridized carbons (Fsp3) is 0.176. The van der Waals surface area contributed by atoms with Gasteiger partial charge in [-0.3, -0.25) is 4.79 Å². The zero-order valence-electron chi connectivity index (χ0n) is 12.5. The third kappa shape index (κ3) is 2.79. The van der Waals surface area contributed by atoms with Crippen LogP contribution < -0.4 is 10.1 Å². The molecule has 2 heterocycles. The molecule has 0 aliphatic carbocycles. The standard InChI is InChI=1S/C17H17N3O2/c1-12-11-20-9-5-7-14(17(20)18-12)19-16(21)10-13-6-3-4-8-15(13)22-2/h3-9,11H,10H2,1-2H3,(H,19,21). The van der Waals surface area contributed by atoms with Crippen LogP contribution in [0.4, 0.5) is 5.69 Å². The summed E-state index contributed by atoms with van der Waals surface area (Å²) in [5, 5.41) is 2.92. The molecule has 0 atom stereocenters. The van der Waals surface area contributed by atoms with Crippen LogP contribution >= 0.6 is 0 Å². The Bertz CT molecular complexity index is 824. The SMILES string of the molecule is COc1ccccc1CC(=O)Nc1cccn2cc(C)nc12. The molecule has 2 aromatic heterocycles. The second-order valence-electron chi connectivity index (χ2n) is 5.07. The van der Waals surface area contributed by atoms with E-state index in [4.69, 9.17) is 4.74 Å². The number of hydrogen-bond donors (Lipinski definition) is 1. The molecule has 1 N–H and O–H groups in total. The molecule has 1 amide bonds. The number of amides is 1. The molecule has 0 aliphatic heterocycles. The summed E-state index contributed by atoms with van der Waals surface area (Å²) in [6.45, 7) is 1.92. The van der Waals surface area contributed by atoms with E-state index in [1.54, 1.807) is 7.11 Å². The lowest BCUT2D eigenvalue weighted by Gasteiger charge is -2.09. The van der Waals surface area contributed by atoms with Crippen LogP contribution in [-0.4, -0.2) is 22.4 Å². The molecule has 5 nitrogen and oxygen atoms in total. The fourth-order valence-electron chi connectivity index (χ4n) is 2.45. The van der Waals surface area contributed by atoms with Crippen molar-refractivity contribution in [2.24, 2.45) is 0 Å². The van der Waals surface area contributed by atoms with Crippen molar-refractivity contribution in [3.05, 3.63) is 60.0 Å². The summed E-state index contributed by atoms with van der Waals surface area (Å²) in [6, 6.07) is 11.2. The molecule has 0 fully saturated rings. The second-order valence-corrected chi connectivity index (χ2v) is 5.07. The van der Waals surface area contributed by atoms with Gasteiger partial charge in [-0.1, -0.05) is 18.2 Å². The summed E-state index contributed by atoms with van der Waals surface area (Å²) in [4.78, 5) is 16.7. The van der Waals surface area contributed by atoms with Gasteiger partial charge >= 0.3 is 0 Å². The van der Waals surface area contributed by atoms with Crippen molar-refractivity contribution in [1.82, 2.24) is 9.38 Å². The summed E-state index contributed by atoms with van der Waals surface area (Å²) < 4.78 is 7.17. The zero-order valence-corrected chi connectivity index (χ0v) is 12.5. The Balaban J connectivity index is 1.81. The normalized spacial score (nSPS) is 10.6. The summed E-state index contributed by atoms with van der Waals surface area (Å²) in [5.74, 6) is 0.616. The van der Waals surface area contributed by atoms with Crippen LogP contribution in [0.25, 0.3) is 5.65 Å². The Kier molecular flexibility index (Phi) is 3.78. The molecule has 0 radical (unpaired) electrons. The summed E-state index contributed by atoms with van der Waals surface area (Å²) >= 11 is 0.